The molecule has 0 fully saturated rings. The summed E-state index contributed by atoms with van der Waals surface area (Å²) in [5.74, 6) is -3.18. The molecule has 4 heteroatoms. The molecule has 3 rings (SSSR count). The molecule has 3 aromatic rings. The van der Waals surface area contributed by atoms with Gasteiger partial charge in [0.2, 0.25) is 0 Å². The maximum Gasteiger partial charge on any atom is 0.161 e. The van der Waals surface area contributed by atoms with Crippen molar-refractivity contribution in [3.05, 3.63) is 83.2 Å². The van der Waals surface area contributed by atoms with Gasteiger partial charge < -0.3 is 5.73 Å². The Morgan fingerprint density at radius 2 is 1.38 bits per heavy atom. The van der Waals surface area contributed by atoms with Crippen molar-refractivity contribution in [2.75, 3.05) is 0 Å². The summed E-state index contributed by atoms with van der Waals surface area (Å²) in [7, 11) is 0. The van der Waals surface area contributed by atoms with Gasteiger partial charge in [-0.25, -0.2) is 13.2 Å². The molecule has 0 amide bonds. The van der Waals surface area contributed by atoms with Crippen LogP contribution in [0.3, 0.4) is 0 Å². The quantitative estimate of drug-likeness (QED) is 0.698. The van der Waals surface area contributed by atoms with Gasteiger partial charge in [0.05, 0.1) is 6.04 Å². The van der Waals surface area contributed by atoms with Gasteiger partial charge in [-0.05, 0) is 28.5 Å². The molecule has 1 atom stereocenters. The fourth-order valence-electron chi connectivity index (χ4n) is 2.36. The number of hydrogen-bond acceptors (Lipinski definition) is 1. The highest BCUT2D eigenvalue weighted by Gasteiger charge is 2.17. The summed E-state index contributed by atoms with van der Waals surface area (Å²) in [6.07, 6.45) is 0. The second-order valence-electron chi connectivity index (χ2n) is 4.87. The minimum absolute atomic E-state index is 0.0656. The first-order valence-corrected chi connectivity index (χ1v) is 6.45. The van der Waals surface area contributed by atoms with E-state index in [0.29, 0.717) is 11.6 Å². The lowest BCUT2D eigenvalue weighted by atomic mass is 9.96. The highest BCUT2D eigenvalue weighted by atomic mass is 19.2. The first kappa shape index (κ1) is 13.6. The third-order valence-corrected chi connectivity index (χ3v) is 3.51. The topological polar surface area (TPSA) is 26.0 Å². The molecule has 0 aliphatic carbocycles. The number of rotatable bonds is 2. The van der Waals surface area contributed by atoms with Gasteiger partial charge in [-0.1, -0.05) is 36.4 Å². The number of benzene rings is 3. The van der Waals surface area contributed by atoms with E-state index in [1.165, 1.54) is 0 Å². The Hall–Kier alpha value is -2.33. The summed E-state index contributed by atoms with van der Waals surface area (Å²) in [6, 6.07) is 13.6. The van der Waals surface area contributed by atoms with Crippen molar-refractivity contribution < 1.29 is 13.2 Å². The minimum Gasteiger partial charge on any atom is -0.320 e. The lowest BCUT2D eigenvalue weighted by Gasteiger charge is -2.14. The van der Waals surface area contributed by atoms with Crippen molar-refractivity contribution in [1.29, 1.82) is 0 Å². The molecule has 0 spiro atoms. The Morgan fingerprint density at radius 3 is 2.14 bits per heavy atom. The van der Waals surface area contributed by atoms with E-state index in [0.717, 1.165) is 16.8 Å². The SMILES string of the molecule is NC(c1ccc2ccccc2c1)c1cc(F)c(F)cc1F. The minimum atomic E-state index is -1.22. The maximum absolute atomic E-state index is 13.8. The van der Waals surface area contributed by atoms with Gasteiger partial charge in [-0.15, -0.1) is 0 Å². The smallest absolute Gasteiger partial charge is 0.161 e. The second-order valence-corrected chi connectivity index (χ2v) is 4.87. The molecule has 2 N–H and O–H groups in total. The molecule has 0 heterocycles. The molecule has 21 heavy (non-hydrogen) atoms. The van der Waals surface area contributed by atoms with Crippen LogP contribution < -0.4 is 5.73 Å². The van der Waals surface area contributed by atoms with Gasteiger partial charge in [-0.2, -0.15) is 0 Å². The van der Waals surface area contributed by atoms with E-state index in [2.05, 4.69) is 0 Å². The van der Waals surface area contributed by atoms with E-state index >= 15 is 0 Å². The van der Waals surface area contributed by atoms with Crippen LogP contribution in [0.25, 0.3) is 10.8 Å². The Kier molecular flexibility index (Phi) is 3.39. The number of fused-ring (bicyclic) bond motifs is 1. The summed E-state index contributed by atoms with van der Waals surface area (Å²) >= 11 is 0. The Labute approximate surface area is 119 Å². The van der Waals surface area contributed by atoms with Crippen molar-refractivity contribution in [3.8, 4) is 0 Å². The van der Waals surface area contributed by atoms with Crippen LogP contribution in [0.5, 0.6) is 0 Å². The van der Waals surface area contributed by atoms with Crippen LogP contribution in [0.1, 0.15) is 17.2 Å². The van der Waals surface area contributed by atoms with Crippen LogP contribution in [-0.2, 0) is 0 Å². The summed E-state index contributed by atoms with van der Waals surface area (Å²) in [6.45, 7) is 0. The standard InChI is InChI=1S/C17H12F3N/c18-14-9-16(20)15(19)8-13(14)17(21)12-6-5-10-3-1-2-4-11(10)7-12/h1-9,17H,21H2. The largest absolute Gasteiger partial charge is 0.320 e. The monoisotopic (exact) mass is 287 g/mol. The van der Waals surface area contributed by atoms with Crippen molar-refractivity contribution in [2.45, 2.75) is 6.04 Å². The van der Waals surface area contributed by atoms with E-state index in [9.17, 15) is 13.2 Å². The molecule has 0 aromatic heterocycles. The first-order chi connectivity index (χ1) is 10.1. The van der Waals surface area contributed by atoms with E-state index < -0.39 is 23.5 Å². The molecule has 1 nitrogen and oxygen atoms in total. The van der Waals surface area contributed by atoms with Gasteiger partial charge in [-0.3, -0.25) is 0 Å². The molecule has 0 aliphatic rings. The summed E-state index contributed by atoms with van der Waals surface area (Å²) < 4.78 is 40.1. The van der Waals surface area contributed by atoms with Gasteiger partial charge >= 0.3 is 0 Å². The molecule has 0 saturated carbocycles. The first-order valence-electron chi connectivity index (χ1n) is 6.45. The maximum atomic E-state index is 13.8. The average molecular weight is 287 g/mol. The molecule has 1 unspecified atom stereocenters. The zero-order valence-electron chi connectivity index (χ0n) is 11.0. The molecule has 0 saturated heterocycles. The summed E-state index contributed by atoms with van der Waals surface area (Å²) in [5, 5.41) is 1.98. The molecule has 0 radical (unpaired) electrons. The Morgan fingerprint density at radius 1 is 0.714 bits per heavy atom. The van der Waals surface area contributed by atoms with Gasteiger partial charge in [0.25, 0.3) is 0 Å². The van der Waals surface area contributed by atoms with Crippen molar-refractivity contribution in [3.63, 3.8) is 0 Å². The van der Waals surface area contributed by atoms with Crippen LogP contribution in [0.4, 0.5) is 13.2 Å². The highest BCUT2D eigenvalue weighted by molar-refractivity contribution is 5.83. The zero-order chi connectivity index (χ0) is 15.0. The van der Waals surface area contributed by atoms with E-state index in [1.807, 2.05) is 36.4 Å². The van der Waals surface area contributed by atoms with Crippen molar-refractivity contribution >= 4 is 10.8 Å². The third-order valence-electron chi connectivity index (χ3n) is 3.51. The van der Waals surface area contributed by atoms with Crippen LogP contribution in [0.2, 0.25) is 0 Å². The van der Waals surface area contributed by atoms with E-state index in [-0.39, 0.29) is 5.56 Å². The van der Waals surface area contributed by atoms with Crippen LogP contribution >= 0.6 is 0 Å². The van der Waals surface area contributed by atoms with Gasteiger partial charge in [0.15, 0.2) is 11.6 Å². The lowest BCUT2D eigenvalue weighted by Crippen LogP contribution is -2.14. The number of nitrogens with two attached hydrogens (primary N) is 1. The zero-order valence-corrected chi connectivity index (χ0v) is 11.0. The molecule has 0 bridgehead atoms. The fourth-order valence-corrected chi connectivity index (χ4v) is 2.36. The average Bonchev–Trinajstić information content (AvgIpc) is 2.50. The third kappa shape index (κ3) is 2.50. The van der Waals surface area contributed by atoms with Crippen LogP contribution in [0, 0.1) is 17.5 Å². The van der Waals surface area contributed by atoms with Crippen molar-refractivity contribution in [2.24, 2.45) is 5.73 Å². The molecular weight excluding hydrogens is 275 g/mol. The van der Waals surface area contributed by atoms with Gasteiger partial charge in [0.1, 0.15) is 5.82 Å². The predicted octanol–water partition coefficient (Wildman–Crippen LogP) is 4.31. The molecule has 0 aliphatic heterocycles. The lowest BCUT2D eigenvalue weighted by molar-refractivity contribution is 0.487. The Bertz CT molecular complexity index is 814. The Balaban J connectivity index is 2.07. The second kappa shape index (κ2) is 5.22. The van der Waals surface area contributed by atoms with E-state index in [4.69, 9.17) is 5.73 Å². The van der Waals surface area contributed by atoms with Gasteiger partial charge in [0, 0.05) is 11.6 Å². The molecule has 106 valence electrons. The predicted molar refractivity (Wildman–Crippen MR) is 76.3 cm³/mol. The van der Waals surface area contributed by atoms with Crippen molar-refractivity contribution in [1.82, 2.24) is 0 Å². The highest BCUT2D eigenvalue weighted by Crippen LogP contribution is 2.26. The van der Waals surface area contributed by atoms with Crippen LogP contribution in [-0.4, -0.2) is 0 Å². The normalized spacial score (nSPS) is 12.6. The molecular formula is C17H12F3N. The van der Waals surface area contributed by atoms with Crippen LogP contribution in [0.15, 0.2) is 54.6 Å². The fraction of sp³-hybridized carbons (Fsp3) is 0.0588. The summed E-state index contributed by atoms with van der Waals surface area (Å²) in [5.41, 5.74) is 6.57. The summed E-state index contributed by atoms with van der Waals surface area (Å²) in [4.78, 5) is 0. The molecule has 3 aromatic carbocycles. The number of halogens is 3. The number of hydrogen-bond donors (Lipinski definition) is 1. The van der Waals surface area contributed by atoms with E-state index in [1.54, 1.807) is 6.07 Å².